The summed E-state index contributed by atoms with van der Waals surface area (Å²) in [5, 5.41) is 11.9. The maximum absolute atomic E-state index is 12.3. The highest BCUT2D eigenvalue weighted by molar-refractivity contribution is 6.00. The van der Waals surface area contributed by atoms with Gasteiger partial charge in [0.15, 0.2) is 0 Å². The third kappa shape index (κ3) is 6.85. The van der Waals surface area contributed by atoms with Gasteiger partial charge >= 0.3 is 5.97 Å². The van der Waals surface area contributed by atoms with Gasteiger partial charge in [0.25, 0.3) is 0 Å². The summed E-state index contributed by atoms with van der Waals surface area (Å²) in [5.41, 5.74) is 1.10. The normalized spacial score (nSPS) is 10.4. The molecule has 0 unspecified atom stereocenters. The number of rotatable bonds is 11. The molecule has 0 aliphatic rings. The van der Waals surface area contributed by atoms with Gasteiger partial charge in [-0.2, -0.15) is 0 Å². The summed E-state index contributed by atoms with van der Waals surface area (Å²) in [4.78, 5) is 23.6. The van der Waals surface area contributed by atoms with Crippen LogP contribution < -0.4 is 14.8 Å². The molecule has 0 bridgehead atoms. The third-order valence-electron chi connectivity index (χ3n) is 4.48. The Labute approximate surface area is 186 Å². The van der Waals surface area contributed by atoms with Crippen LogP contribution in [0.5, 0.6) is 17.2 Å². The quantitative estimate of drug-likeness (QED) is 0.421. The molecule has 32 heavy (non-hydrogen) atoms. The molecule has 0 saturated carbocycles. The molecule has 0 aromatic heterocycles. The Morgan fingerprint density at radius 3 is 2.12 bits per heavy atom. The first-order valence-electron chi connectivity index (χ1n) is 10.2. The van der Waals surface area contributed by atoms with E-state index in [0.717, 1.165) is 11.3 Å². The number of benzene rings is 3. The molecular weight excluding hydrogens is 410 g/mol. The lowest BCUT2D eigenvalue weighted by atomic mass is 10.1. The summed E-state index contributed by atoms with van der Waals surface area (Å²) in [6, 6.07) is 20.7. The van der Waals surface area contributed by atoms with Crippen molar-refractivity contribution in [1.82, 2.24) is 0 Å². The van der Waals surface area contributed by atoms with Crippen molar-refractivity contribution in [3.8, 4) is 17.2 Å². The minimum Gasteiger partial charge on any atom is -0.491 e. The van der Waals surface area contributed by atoms with Gasteiger partial charge in [-0.05, 0) is 61.0 Å². The van der Waals surface area contributed by atoms with Crippen LogP contribution in [0.25, 0.3) is 0 Å². The molecule has 0 saturated heterocycles. The molecule has 0 atom stereocenters. The molecule has 3 rings (SSSR count). The van der Waals surface area contributed by atoms with Crippen molar-refractivity contribution in [2.75, 3.05) is 25.1 Å². The Bertz CT molecular complexity index is 1030. The number of hydrogen-bond donors (Lipinski definition) is 2. The Hall–Kier alpha value is -3.84. The third-order valence-corrected chi connectivity index (χ3v) is 4.48. The maximum Gasteiger partial charge on any atom is 0.337 e. The standard InChI is InChI=1S/C25H25NO6/c1-2-30-15-16-31-19-11-13-21(14-12-19)32-20-9-7-18(8-10-20)17-24(27)26-23-6-4-3-5-22(23)25(28)29/h3-14H,2,15-17H2,1H3,(H,26,27)(H,28,29). The minimum atomic E-state index is -1.09. The van der Waals surface area contributed by atoms with E-state index in [-0.39, 0.29) is 23.6 Å². The van der Waals surface area contributed by atoms with Gasteiger partial charge in [0.1, 0.15) is 23.9 Å². The highest BCUT2D eigenvalue weighted by atomic mass is 16.5. The summed E-state index contributed by atoms with van der Waals surface area (Å²) in [5.74, 6) is 0.649. The van der Waals surface area contributed by atoms with Crippen molar-refractivity contribution in [3.63, 3.8) is 0 Å². The first-order valence-corrected chi connectivity index (χ1v) is 10.2. The highest BCUT2D eigenvalue weighted by Gasteiger charge is 2.12. The largest absolute Gasteiger partial charge is 0.491 e. The first-order chi connectivity index (χ1) is 15.5. The minimum absolute atomic E-state index is 0.0512. The van der Waals surface area contributed by atoms with Gasteiger partial charge in [0, 0.05) is 6.61 Å². The number of nitrogens with one attached hydrogen (secondary N) is 1. The molecular formula is C25H25NO6. The fraction of sp³-hybridized carbons (Fsp3) is 0.200. The summed E-state index contributed by atoms with van der Waals surface area (Å²) >= 11 is 0. The number of hydrogen-bond acceptors (Lipinski definition) is 5. The lowest BCUT2D eigenvalue weighted by Crippen LogP contribution is -2.16. The van der Waals surface area contributed by atoms with Crippen molar-refractivity contribution in [2.45, 2.75) is 13.3 Å². The summed E-state index contributed by atoms with van der Waals surface area (Å²) in [6.45, 7) is 3.64. The van der Waals surface area contributed by atoms with E-state index in [1.54, 1.807) is 42.5 Å². The van der Waals surface area contributed by atoms with Crippen LogP contribution in [0.2, 0.25) is 0 Å². The molecule has 0 spiro atoms. The SMILES string of the molecule is CCOCCOc1ccc(Oc2ccc(CC(=O)Nc3ccccc3C(=O)O)cc2)cc1. The number of aromatic carboxylic acids is 1. The van der Waals surface area contributed by atoms with Gasteiger partial charge in [0.05, 0.1) is 24.3 Å². The van der Waals surface area contributed by atoms with E-state index in [1.165, 1.54) is 6.07 Å². The predicted molar refractivity (Wildman–Crippen MR) is 121 cm³/mol. The fourth-order valence-corrected chi connectivity index (χ4v) is 2.94. The summed E-state index contributed by atoms with van der Waals surface area (Å²) in [6.07, 6.45) is 0.113. The Kier molecular flexibility index (Phi) is 8.22. The van der Waals surface area contributed by atoms with Gasteiger partial charge in [-0.15, -0.1) is 0 Å². The smallest absolute Gasteiger partial charge is 0.337 e. The Morgan fingerprint density at radius 1 is 0.844 bits per heavy atom. The summed E-state index contributed by atoms with van der Waals surface area (Å²) in [7, 11) is 0. The molecule has 0 aliphatic carbocycles. The van der Waals surface area contributed by atoms with Crippen LogP contribution >= 0.6 is 0 Å². The zero-order valence-electron chi connectivity index (χ0n) is 17.7. The predicted octanol–water partition coefficient (Wildman–Crippen LogP) is 4.77. The molecule has 0 radical (unpaired) electrons. The van der Waals surface area contributed by atoms with Crippen molar-refractivity contribution in [1.29, 1.82) is 0 Å². The highest BCUT2D eigenvalue weighted by Crippen LogP contribution is 2.24. The molecule has 0 fully saturated rings. The number of para-hydroxylation sites is 1. The maximum atomic E-state index is 12.3. The molecule has 3 aromatic carbocycles. The van der Waals surface area contributed by atoms with Crippen LogP contribution in [-0.4, -0.2) is 36.8 Å². The van der Waals surface area contributed by atoms with Gasteiger partial charge in [-0.25, -0.2) is 4.79 Å². The van der Waals surface area contributed by atoms with Crippen LogP contribution in [0.3, 0.4) is 0 Å². The molecule has 1 amide bonds. The molecule has 3 aromatic rings. The molecule has 2 N–H and O–H groups in total. The topological polar surface area (TPSA) is 94.1 Å². The van der Waals surface area contributed by atoms with E-state index in [0.29, 0.717) is 31.3 Å². The van der Waals surface area contributed by atoms with E-state index in [4.69, 9.17) is 14.2 Å². The second-order valence-electron chi connectivity index (χ2n) is 6.84. The van der Waals surface area contributed by atoms with E-state index in [2.05, 4.69) is 5.32 Å². The Balaban J connectivity index is 1.52. The zero-order valence-corrected chi connectivity index (χ0v) is 17.7. The van der Waals surface area contributed by atoms with Crippen LogP contribution in [0.15, 0.2) is 72.8 Å². The van der Waals surface area contributed by atoms with Gasteiger partial charge < -0.3 is 24.6 Å². The molecule has 7 nitrogen and oxygen atoms in total. The van der Waals surface area contributed by atoms with E-state index in [9.17, 15) is 14.7 Å². The first kappa shape index (κ1) is 22.8. The monoisotopic (exact) mass is 435 g/mol. The number of carboxylic acid groups (broad SMARTS) is 1. The molecule has 7 heteroatoms. The number of carbonyl (C=O) groups excluding carboxylic acids is 1. The number of ether oxygens (including phenoxy) is 3. The second-order valence-corrected chi connectivity index (χ2v) is 6.84. The average Bonchev–Trinajstić information content (AvgIpc) is 2.79. The van der Waals surface area contributed by atoms with Crippen molar-refractivity contribution in [2.24, 2.45) is 0 Å². The number of anilines is 1. The molecule has 166 valence electrons. The second kappa shape index (κ2) is 11.5. The lowest BCUT2D eigenvalue weighted by Gasteiger charge is -2.10. The van der Waals surface area contributed by atoms with Gasteiger partial charge in [0.2, 0.25) is 5.91 Å². The van der Waals surface area contributed by atoms with Gasteiger partial charge in [-0.3, -0.25) is 4.79 Å². The van der Waals surface area contributed by atoms with E-state index < -0.39 is 5.97 Å². The van der Waals surface area contributed by atoms with Crippen molar-refractivity contribution >= 4 is 17.6 Å². The van der Waals surface area contributed by atoms with Crippen LogP contribution in [0.1, 0.15) is 22.8 Å². The fourth-order valence-electron chi connectivity index (χ4n) is 2.94. The molecule has 0 heterocycles. The average molecular weight is 435 g/mol. The van der Waals surface area contributed by atoms with E-state index >= 15 is 0 Å². The van der Waals surface area contributed by atoms with E-state index in [1.807, 2.05) is 31.2 Å². The molecule has 0 aliphatic heterocycles. The number of carbonyl (C=O) groups is 2. The Morgan fingerprint density at radius 2 is 1.47 bits per heavy atom. The van der Waals surface area contributed by atoms with Crippen molar-refractivity contribution in [3.05, 3.63) is 83.9 Å². The lowest BCUT2D eigenvalue weighted by molar-refractivity contribution is -0.115. The van der Waals surface area contributed by atoms with Gasteiger partial charge in [-0.1, -0.05) is 24.3 Å². The zero-order chi connectivity index (χ0) is 22.8. The van der Waals surface area contributed by atoms with Crippen molar-refractivity contribution < 1.29 is 28.9 Å². The van der Waals surface area contributed by atoms with Crippen LogP contribution in [0.4, 0.5) is 5.69 Å². The van der Waals surface area contributed by atoms with Crippen LogP contribution in [-0.2, 0) is 16.0 Å². The number of amides is 1. The number of carboxylic acids is 1. The van der Waals surface area contributed by atoms with Crippen LogP contribution in [0, 0.1) is 0 Å². The summed E-state index contributed by atoms with van der Waals surface area (Å²) < 4.78 is 16.6.